The minimum Gasteiger partial charge on any atom is -0.311 e. The second-order valence-corrected chi connectivity index (χ2v) is 8.90. The second kappa shape index (κ2) is 4.19. The van der Waals surface area contributed by atoms with Crippen LogP contribution in [0.15, 0.2) is 30.3 Å². The van der Waals surface area contributed by atoms with Crippen molar-refractivity contribution in [2.75, 3.05) is 14.2 Å². The lowest BCUT2D eigenvalue weighted by molar-refractivity contribution is 0.250. The monoisotopic (exact) mass is 292 g/mol. The summed E-state index contributed by atoms with van der Waals surface area (Å²) in [4.78, 5) is 0. The lowest BCUT2D eigenvalue weighted by atomic mass is 9.96. The molecule has 4 atom stereocenters. The molecule has 0 saturated heterocycles. The van der Waals surface area contributed by atoms with Crippen LogP contribution in [0.2, 0.25) is 0 Å². The Morgan fingerprint density at radius 1 is 1.05 bits per heavy atom. The summed E-state index contributed by atoms with van der Waals surface area (Å²) in [7, 11) is -0.0418. The Hall–Kier alpha value is -0.630. The average Bonchev–Trinajstić information content (AvgIpc) is 2.84. The highest BCUT2D eigenvalue weighted by atomic mass is 31.2. The van der Waals surface area contributed by atoms with E-state index in [9.17, 15) is 4.57 Å². The summed E-state index contributed by atoms with van der Waals surface area (Å²) < 4.78 is 24.2. The summed E-state index contributed by atoms with van der Waals surface area (Å²) in [6.45, 7) is 0. The summed E-state index contributed by atoms with van der Waals surface area (Å²) in [5.74, 6) is 2.41. The molecule has 1 aromatic carbocycles. The Bertz CT molecular complexity index is 546. The van der Waals surface area contributed by atoms with Gasteiger partial charge in [0.2, 0.25) is 0 Å². The molecule has 0 aromatic heterocycles. The Labute approximate surface area is 120 Å². The lowest BCUT2D eigenvalue weighted by Gasteiger charge is -2.30. The van der Waals surface area contributed by atoms with Gasteiger partial charge in [0.15, 0.2) is 0 Å². The fourth-order valence-corrected chi connectivity index (χ4v) is 8.05. The van der Waals surface area contributed by atoms with Crippen molar-refractivity contribution in [1.29, 1.82) is 0 Å². The van der Waals surface area contributed by atoms with Crippen LogP contribution in [-0.2, 0) is 18.8 Å². The van der Waals surface area contributed by atoms with E-state index in [0.29, 0.717) is 23.7 Å². The Balaban J connectivity index is 1.87. The van der Waals surface area contributed by atoms with Gasteiger partial charge in [-0.1, -0.05) is 30.3 Å². The summed E-state index contributed by atoms with van der Waals surface area (Å²) in [5, 5.41) is -0.373. The highest BCUT2D eigenvalue weighted by Crippen LogP contribution is 2.89. The van der Waals surface area contributed by atoms with Crippen LogP contribution in [-0.4, -0.2) is 14.2 Å². The summed E-state index contributed by atoms with van der Waals surface area (Å²) in [6.07, 6.45) is 3.89. The van der Waals surface area contributed by atoms with E-state index in [1.165, 1.54) is 33.5 Å². The molecule has 0 aliphatic heterocycles. The Kier molecular flexibility index (Phi) is 2.74. The van der Waals surface area contributed by atoms with Crippen molar-refractivity contribution < 1.29 is 13.6 Å². The van der Waals surface area contributed by atoms with Gasteiger partial charge in [0, 0.05) is 14.2 Å². The molecule has 4 unspecified atom stereocenters. The SMILES string of the molecule is COP(=O)(OC)C1(c2ccccc2)C2C3CCC(C3)C21. The van der Waals surface area contributed by atoms with Crippen LogP contribution in [0.3, 0.4) is 0 Å². The standard InChI is InChI=1S/C16H21O3P/c1-18-20(17,19-2)16(13-6-4-3-5-7-13)14-11-8-9-12(10-11)15(14)16/h3-7,11-12,14-15H,8-10H2,1-2H3. The molecule has 4 rings (SSSR count). The van der Waals surface area contributed by atoms with Gasteiger partial charge in [0.1, 0.15) is 5.16 Å². The van der Waals surface area contributed by atoms with E-state index in [1.807, 2.05) is 18.2 Å². The molecular formula is C16H21O3P. The fraction of sp³-hybridized carbons (Fsp3) is 0.625. The summed E-state index contributed by atoms with van der Waals surface area (Å²) >= 11 is 0. The largest absolute Gasteiger partial charge is 0.341 e. The van der Waals surface area contributed by atoms with Gasteiger partial charge in [-0.15, -0.1) is 0 Å². The van der Waals surface area contributed by atoms with E-state index in [4.69, 9.17) is 9.05 Å². The van der Waals surface area contributed by atoms with E-state index < -0.39 is 7.60 Å². The fourth-order valence-electron chi connectivity index (χ4n) is 5.43. The quantitative estimate of drug-likeness (QED) is 0.786. The van der Waals surface area contributed by atoms with Crippen molar-refractivity contribution in [2.24, 2.45) is 23.7 Å². The molecule has 3 aliphatic carbocycles. The highest BCUT2D eigenvalue weighted by molar-refractivity contribution is 7.55. The van der Waals surface area contributed by atoms with Crippen LogP contribution in [0.1, 0.15) is 24.8 Å². The zero-order valence-electron chi connectivity index (χ0n) is 12.0. The molecule has 0 N–H and O–H groups in total. The number of benzene rings is 1. The third-order valence-electron chi connectivity index (χ3n) is 5.99. The lowest BCUT2D eigenvalue weighted by Crippen LogP contribution is -2.20. The molecule has 3 nitrogen and oxygen atoms in total. The van der Waals surface area contributed by atoms with Crippen molar-refractivity contribution in [3.05, 3.63) is 35.9 Å². The van der Waals surface area contributed by atoms with Crippen molar-refractivity contribution in [3.63, 3.8) is 0 Å². The Morgan fingerprint density at radius 2 is 1.60 bits per heavy atom. The summed E-state index contributed by atoms with van der Waals surface area (Å²) in [6, 6.07) is 10.3. The minimum atomic E-state index is -3.11. The van der Waals surface area contributed by atoms with Crippen LogP contribution >= 0.6 is 7.60 Å². The molecule has 108 valence electrons. The number of rotatable bonds is 4. The van der Waals surface area contributed by atoms with Gasteiger partial charge in [0.05, 0.1) is 0 Å². The van der Waals surface area contributed by atoms with Crippen LogP contribution in [0, 0.1) is 23.7 Å². The first kappa shape index (κ1) is 13.1. The second-order valence-electron chi connectivity index (χ2n) is 6.44. The van der Waals surface area contributed by atoms with Gasteiger partial charge in [-0.3, -0.25) is 4.57 Å². The normalized spacial score (nSPS) is 41.7. The van der Waals surface area contributed by atoms with Gasteiger partial charge in [-0.25, -0.2) is 0 Å². The molecular weight excluding hydrogens is 271 g/mol. The molecule has 0 spiro atoms. The zero-order valence-corrected chi connectivity index (χ0v) is 12.9. The predicted molar refractivity (Wildman–Crippen MR) is 77.6 cm³/mol. The third kappa shape index (κ3) is 1.32. The van der Waals surface area contributed by atoms with Crippen molar-refractivity contribution in [3.8, 4) is 0 Å². The van der Waals surface area contributed by atoms with Crippen molar-refractivity contribution in [2.45, 2.75) is 24.4 Å². The molecule has 3 fully saturated rings. The molecule has 2 bridgehead atoms. The topological polar surface area (TPSA) is 35.5 Å². The number of fused-ring (bicyclic) bond motifs is 5. The van der Waals surface area contributed by atoms with Gasteiger partial charge in [0.25, 0.3) is 0 Å². The first-order chi connectivity index (χ1) is 9.69. The maximum atomic E-state index is 13.3. The van der Waals surface area contributed by atoms with E-state index >= 15 is 0 Å². The van der Waals surface area contributed by atoms with Crippen molar-refractivity contribution >= 4 is 7.60 Å². The molecule has 3 saturated carbocycles. The first-order valence-corrected chi connectivity index (χ1v) is 9.00. The van der Waals surface area contributed by atoms with Crippen LogP contribution < -0.4 is 0 Å². The van der Waals surface area contributed by atoms with Crippen molar-refractivity contribution in [1.82, 2.24) is 0 Å². The molecule has 0 radical (unpaired) electrons. The zero-order chi connectivity index (χ0) is 14.0. The van der Waals surface area contributed by atoms with Crippen LogP contribution in [0.4, 0.5) is 0 Å². The molecule has 20 heavy (non-hydrogen) atoms. The van der Waals surface area contributed by atoms with Crippen LogP contribution in [0.5, 0.6) is 0 Å². The van der Waals surface area contributed by atoms with Gasteiger partial charge in [-0.05, 0) is 48.5 Å². The number of hydrogen-bond acceptors (Lipinski definition) is 3. The van der Waals surface area contributed by atoms with Gasteiger partial charge < -0.3 is 9.05 Å². The highest BCUT2D eigenvalue weighted by Gasteiger charge is 2.82. The smallest absolute Gasteiger partial charge is 0.311 e. The predicted octanol–water partition coefficient (Wildman–Crippen LogP) is 4.04. The maximum Gasteiger partial charge on any atom is 0.341 e. The molecule has 3 aliphatic rings. The summed E-state index contributed by atoms with van der Waals surface area (Å²) in [5.41, 5.74) is 1.15. The molecule has 4 heteroatoms. The number of hydrogen-bond donors (Lipinski definition) is 0. The van der Waals surface area contributed by atoms with E-state index in [-0.39, 0.29) is 5.16 Å². The Morgan fingerprint density at radius 3 is 2.10 bits per heavy atom. The third-order valence-corrected chi connectivity index (χ3v) is 8.72. The minimum absolute atomic E-state index is 0.373. The molecule has 1 aromatic rings. The van der Waals surface area contributed by atoms with E-state index in [1.54, 1.807) is 0 Å². The average molecular weight is 292 g/mol. The van der Waals surface area contributed by atoms with E-state index in [2.05, 4.69) is 12.1 Å². The molecule has 0 heterocycles. The first-order valence-electron chi connectivity index (χ1n) is 7.46. The van der Waals surface area contributed by atoms with Crippen LogP contribution in [0.25, 0.3) is 0 Å². The van der Waals surface area contributed by atoms with E-state index in [0.717, 1.165) is 5.56 Å². The van der Waals surface area contributed by atoms with Gasteiger partial charge >= 0.3 is 7.60 Å². The maximum absolute atomic E-state index is 13.3. The molecule has 0 amide bonds. The van der Waals surface area contributed by atoms with Gasteiger partial charge in [-0.2, -0.15) is 0 Å².